The number of thiocarbonyl (C=S) groups is 1. The number of hydrogen-bond donors (Lipinski definition) is 0. The van der Waals surface area contributed by atoms with Crippen LogP contribution in [0.15, 0.2) is 36.0 Å². The topological polar surface area (TPSA) is 42.0 Å². The van der Waals surface area contributed by atoms with Gasteiger partial charge in [0, 0.05) is 19.2 Å². The Balaban J connectivity index is 2.23. The average Bonchev–Trinajstić information content (AvgIpc) is 2.84. The summed E-state index contributed by atoms with van der Waals surface area (Å²) in [5.74, 6) is 1.34. The third kappa shape index (κ3) is 2.82. The van der Waals surface area contributed by atoms with Crippen LogP contribution in [0.2, 0.25) is 0 Å². The second-order valence-corrected chi connectivity index (χ2v) is 6.05. The summed E-state index contributed by atoms with van der Waals surface area (Å²) in [6.45, 7) is 2.45. The number of ether oxygens (including phenoxy) is 2. The largest absolute Gasteiger partial charge is 0.497 e. The molecule has 5 nitrogen and oxygen atoms in total. The molecule has 0 atom stereocenters. The van der Waals surface area contributed by atoms with Gasteiger partial charge in [0.2, 0.25) is 0 Å². The SMILES string of the molecule is CCN1C(=O)C(=Cc2c(OC)ccc3ccc(OC)cc23)N(C)C1=S. The van der Waals surface area contributed by atoms with Crippen LogP contribution in [0.3, 0.4) is 0 Å². The number of likely N-dealkylation sites (N-methyl/N-ethyl adjacent to an activating group) is 2. The third-order valence-electron chi connectivity index (χ3n) is 4.39. The van der Waals surface area contributed by atoms with Crippen molar-refractivity contribution in [2.75, 3.05) is 27.8 Å². The Morgan fingerprint density at radius 2 is 1.88 bits per heavy atom. The molecule has 0 unspecified atom stereocenters. The summed E-state index contributed by atoms with van der Waals surface area (Å²) >= 11 is 5.37. The molecule has 25 heavy (non-hydrogen) atoms. The van der Waals surface area contributed by atoms with Gasteiger partial charge in [-0.25, -0.2) is 0 Å². The van der Waals surface area contributed by atoms with Gasteiger partial charge in [-0.3, -0.25) is 9.69 Å². The predicted octanol–water partition coefficient (Wildman–Crippen LogP) is 3.28. The van der Waals surface area contributed by atoms with Crippen molar-refractivity contribution in [3.8, 4) is 11.5 Å². The molecule has 130 valence electrons. The minimum absolute atomic E-state index is 0.100. The monoisotopic (exact) mass is 356 g/mol. The molecule has 0 N–H and O–H groups in total. The molecule has 6 heteroatoms. The first-order valence-corrected chi connectivity index (χ1v) is 8.38. The molecule has 2 aromatic carbocycles. The summed E-state index contributed by atoms with van der Waals surface area (Å²) in [6, 6.07) is 9.72. The van der Waals surface area contributed by atoms with Crippen LogP contribution < -0.4 is 9.47 Å². The first kappa shape index (κ1) is 17.2. The van der Waals surface area contributed by atoms with E-state index in [9.17, 15) is 4.79 Å². The van der Waals surface area contributed by atoms with Crippen molar-refractivity contribution in [2.24, 2.45) is 0 Å². The third-order valence-corrected chi connectivity index (χ3v) is 4.89. The molecule has 0 saturated carbocycles. The molecule has 0 aromatic heterocycles. The Bertz CT molecular complexity index is 886. The van der Waals surface area contributed by atoms with Gasteiger partial charge < -0.3 is 14.4 Å². The second-order valence-electron chi connectivity index (χ2n) is 5.69. The summed E-state index contributed by atoms with van der Waals surface area (Å²) in [5, 5.41) is 2.50. The van der Waals surface area contributed by atoms with E-state index in [0.717, 1.165) is 22.1 Å². The number of fused-ring (bicyclic) bond motifs is 1. The minimum atomic E-state index is -0.100. The molecule has 1 saturated heterocycles. The van der Waals surface area contributed by atoms with Crippen LogP contribution in [-0.4, -0.2) is 48.6 Å². The van der Waals surface area contributed by atoms with Crippen molar-refractivity contribution in [1.82, 2.24) is 9.80 Å². The Hall–Kier alpha value is -2.60. The van der Waals surface area contributed by atoms with Gasteiger partial charge in [0.25, 0.3) is 5.91 Å². The number of carbonyl (C=O) groups is 1. The smallest absolute Gasteiger partial charge is 0.276 e. The van der Waals surface area contributed by atoms with E-state index in [1.54, 1.807) is 31.1 Å². The van der Waals surface area contributed by atoms with Gasteiger partial charge >= 0.3 is 0 Å². The maximum atomic E-state index is 12.7. The fourth-order valence-corrected chi connectivity index (χ4v) is 3.29. The van der Waals surface area contributed by atoms with Gasteiger partial charge in [-0.15, -0.1) is 0 Å². The Kier molecular flexibility index (Phi) is 4.63. The zero-order valence-corrected chi connectivity index (χ0v) is 15.5. The van der Waals surface area contributed by atoms with Gasteiger partial charge in [0.05, 0.1) is 14.2 Å². The zero-order valence-electron chi connectivity index (χ0n) is 14.7. The van der Waals surface area contributed by atoms with E-state index in [1.165, 1.54) is 0 Å². The van der Waals surface area contributed by atoms with E-state index in [0.29, 0.717) is 23.1 Å². The summed E-state index contributed by atoms with van der Waals surface area (Å²) < 4.78 is 10.9. The maximum Gasteiger partial charge on any atom is 0.276 e. The van der Waals surface area contributed by atoms with Gasteiger partial charge in [0.1, 0.15) is 17.2 Å². The highest BCUT2D eigenvalue weighted by Crippen LogP contribution is 2.34. The zero-order chi connectivity index (χ0) is 18.1. The Morgan fingerprint density at radius 1 is 1.16 bits per heavy atom. The highest BCUT2D eigenvalue weighted by Gasteiger charge is 2.34. The molecular weight excluding hydrogens is 336 g/mol. The fraction of sp³-hybridized carbons (Fsp3) is 0.263. The number of carbonyl (C=O) groups excluding carboxylic acids is 1. The van der Waals surface area contributed by atoms with E-state index >= 15 is 0 Å². The van der Waals surface area contributed by atoms with Gasteiger partial charge in [-0.2, -0.15) is 0 Å². The maximum absolute atomic E-state index is 12.7. The number of benzene rings is 2. The number of nitrogens with zero attached hydrogens (tertiary/aromatic N) is 2. The standard InChI is InChI=1S/C19H20N2O3S/c1-5-21-18(22)16(20(2)19(21)25)11-15-14-10-13(23-3)8-6-12(14)7-9-17(15)24-4/h6-11H,5H2,1-4H3. The number of rotatable bonds is 4. The summed E-state index contributed by atoms with van der Waals surface area (Å²) in [6.07, 6.45) is 1.84. The van der Waals surface area contributed by atoms with Crippen molar-refractivity contribution in [3.63, 3.8) is 0 Å². The quantitative estimate of drug-likeness (QED) is 0.621. The van der Waals surface area contributed by atoms with E-state index in [1.807, 2.05) is 43.3 Å². The van der Waals surface area contributed by atoms with Crippen LogP contribution >= 0.6 is 12.2 Å². The lowest BCUT2D eigenvalue weighted by molar-refractivity contribution is -0.122. The first-order chi connectivity index (χ1) is 12.0. The van der Waals surface area contributed by atoms with Crippen LogP contribution in [0.4, 0.5) is 0 Å². The van der Waals surface area contributed by atoms with Crippen LogP contribution in [0.25, 0.3) is 16.8 Å². The number of methoxy groups -OCH3 is 2. The number of amides is 1. The average molecular weight is 356 g/mol. The van der Waals surface area contributed by atoms with E-state index in [-0.39, 0.29) is 5.91 Å². The predicted molar refractivity (Wildman–Crippen MR) is 103 cm³/mol. The molecule has 0 radical (unpaired) electrons. The Morgan fingerprint density at radius 3 is 2.48 bits per heavy atom. The molecule has 3 rings (SSSR count). The van der Waals surface area contributed by atoms with Crippen molar-refractivity contribution < 1.29 is 14.3 Å². The van der Waals surface area contributed by atoms with Crippen LogP contribution in [0.5, 0.6) is 11.5 Å². The molecule has 1 aliphatic heterocycles. The van der Waals surface area contributed by atoms with Crippen molar-refractivity contribution in [1.29, 1.82) is 0 Å². The summed E-state index contributed by atoms with van der Waals surface area (Å²) in [4.78, 5) is 16.0. The normalized spacial score (nSPS) is 16.2. The lowest BCUT2D eigenvalue weighted by Crippen LogP contribution is -2.30. The summed E-state index contributed by atoms with van der Waals surface area (Å²) in [5.41, 5.74) is 1.36. The molecule has 1 fully saturated rings. The molecule has 0 aliphatic carbocycles. The lowest BCUT2D eigenvalue weighted by Gasteiger charge is -2.14. The van der Waals surface area contributed by atoms with E-state index in [4.69, 9.17) is 21.7 Å². The van der Waals surface area contributed by atoms with E-state index < -0.39 is 0 Å². The van der Waals surface area contributed by atoms with Crippen molar-refractivity contribution in [2.45, 2.75) is 6.92 Å². The highest BCUT2D eigenvalue weighted by atomic mass is 32.1. The molecule has 0 bridgehead atoms. The second kappa shape index (κ2) is 6.72. The van der Waals surface area contributed by atoms with Crippen LogP contribution in [-0.2, 0) is 4.79 Å². The Labute approximate surface area is 152 Å². The highest BCUT2D eigenvalue weighted by molar-refractivity contribution is 7.80. The minimum Gasteiger partial charge on any atom is -0.497 e. The molecule has 0 spiro atoms. The summed E-state index contributed by atoms with van der Waals surface area (Å²) in [7, 11) is 5.05. The fourth-order valence-electron chi connectivity index (χ4n) is 2.98. The van der Waals surface area contributed by atoms with Crippen LogP contribution in [0.1, 0.15) is 12.5 Å². The molecule has 1 amide bonds. The first-order valence-electron chi connectivity index (χ1n) is 7.97. The van der Waals surface area contributed by atoms with Crippen LogP contribution in [0, 0.1) is 0 Å². The molecule has 1 heterocycles. The molecule has 2 aromatic rings. The van der Waals surface area contributed by atoms with Crippen molar-refractivity contribution in [3.05, 3.63) is 41.6 Å². The van der Waals surface area contributed by atoms with Gasteiger partial charge in [-0.05, 0) is 54.2 Å². The molecular formula is C19H20N2O3S. The van der Waals surface area contributed by atoms with Gasteiger partial charge in [0.15, 0.2) is 5.11 Å². The molecule has 1 aliphatic rings. The van der Waals surface area contributed by atoms with E-state index in [2.05, 4.69) is 0 Å². The number of hydrogen-bond acceptors (Lipinski definition) is 4. The van der Waals surface area contributed by atoms with Crippen molar-refractivity contribution >= 4 is 40.1 Å². The lowest BCUT2D eigenvalue weighted by atomic mass is 10.0. The van der Waals surface area contributed by atoms with Gasteiger partial charge in [-0.1, -0.05) is 12.1 Å².